The summed E-state index contributed by atoms with van der Waals surface area (Å²) in [6, 6.07) is 6.04. The molecule has 2 rings (SSSR count). The first-order valence-corrected chi connectivity index (χ1v) is 8.07. The third kappa shape index (κ3) is 4.05. The number of nitrogens with one attached hydrogen (secondary N) is 2. The van der Waals surface area contributed by atoms with Gasteiger partial charge in [0.15, 0.2) is 0 Å². The van der Waals surface area contributed by atoms with Gasteiger partial charge in [-0.25, -0.2) is 0 Å². The van der Waals surface area contributed by atoms with Crippen LogP contribution in [-0.2, 0) is 16.1 Å². The van der Waals surface area contributed by atoms with Crippen LogP contribution in [0.1, 0.15) is 43.9 Å². The zero-order valence-corrected chi connectivity index (χ0v) is 14.3. The average Bonchev–Trinajstić information content (AvgIpc) is 2.54. The summed E-state index contributed by atoms with van der Waals surface area (Å²) in [5, 5.41) is 3.15. The van der Waals surface area contributed by atoms with Crippen molar-refractivity contribution in [3.63, 3.8) is 0 Å². The van der Waals surface area contributed by atoms with Gasteiger partial charge in [0.25, 0.3) is 5.91 Å². The van der Waals surface area contributed by atoms with Crippen molar-refractivity contribution in [2.24, 2.45) is 5.92 Å². The summed E-state index contributed by atoms with van der Waals surface area (Å²) in [5.74, 6) is 0.896. The molecule has 2 N–H and O–H groups in total. The highest BCUT2D eigenvalue weighted by Gasteiger charge is 2.25. The number of carbonyl (C=O) groups is 1. The van der Waals surface area contributed by atoms with Crippen LogP contribution in [-0.4, -0.2) is 20.1 Å². The van der Waals surface area contributed by atoms with Gasteiger partial charge in [0.05, 0.1) is 18.7 Å². The third-order valence-corrected chi connectivity index (χ3v) is 4.18. The van der Waals surface area contributed by atoms with Crippen molar-refractivity contribution < 1.29 is 14.4 Å². The molecule has 0 saturated heterocycles. The number of rotatable bonds is 6. The molecule has 0 aliphatic heterocycles. The van der Waals surface area contributed by atoms with Gasteiger partial charge in [-0.05, 0) is 42.4 Å². The molecule has 1 aromatic carbocycles. The monoisotopic (exact) mass is 318 g/mol. The topological polar surface area (TPSA) is 59.6 Å². The summed E-state index contributed by atoms with van der Waals surface area (Å²) in [6.07, 6.45) is 4.44. The van der Waals surface area contributed by atoms with Crippen molar-refractivity contribution in [2.45, 2.75) is 39.2 Å². The van der Waals surface area contributed by atoms with E-state index in [1.807, 2.05) is 26.0 Å². The minimum atomic E-state index is -0.0871. The van der Waals surface area contributed by atoms with E-state index in [0.29, 0.717) is 5.57 Å². The molecule has 1 aliphatic rings. The van der Waals surface area contributed by atoms with Crippen molar-refractivity contribution in [1.29, 1.82) is 0 Å². The Balaban J connectivity index is 2.20. The zero-order valence-electron chi connectivity index (χ0n) is 14.3. The molecule has 23 heavy (non-hydrogen) atoms. The molecule has 0 radical (unpaired) electrons. The first-order chi connectivity index (χ1) is 11.1. The summed E-state index contributed by atoms with van der Waals surface area (Å²) in [6.45, 7) is 3.95. The fraction of sp³-hybridized carbons (Fsp3) is 0.500. The predicted octanol–water partition coefficient (Wildman–Crippen LogP) is 2.88. The number of hydroxylamine groups is 1. The number of hydrogen-bond acceptors (Lipinski definition) is 4. The molecule has 126 valence electrons. The van der Waals surface area contributed by atoms with Crippen molar-refractivity contribution in [3.05, 3.63) is 41.2 Å². The Labute approximate surface area is 138 Å². The maximum absolute atomic E-state index is 12.6. The van der Waals surface area contributed by atoms with E-state index in [4.69, 9.17) is 9.57 Å². The van der Waals surface area contributed by atoms with Crippen molar-refractivity contribution >= 4 is 5.91 Å². The maximum Gasteiger partial charge on any atom is 0.251 e. The predicted molar refractivity (Wildman–Crippen MR) is 89.9 cm³/mol. The summed E-state index contributed by atoms with van der Waals surface area (Å²) in [5.41, 5.74) is 5.55. The summed E-state index contributed by atoms with van der Waals surface area (Å²) < 4.78 is 5.45. The van der Waals surface area contributed by atoms with Crippen LogP contribution in [0.25, 0.3) is 0 Å². The second-order valence-corrected chi connectivity index (χ2v) is 6.00. The minimum absolute atomic E-state index is 0.0121. The molecule has 1 amide bonds. The van der Waals surface area contributed by atoms with E-state index in [-0.39, 0.29) is 17.9 Å². The van der Waals surface area contributed by atoms with E-state index < -0.39 is 0 Å². The Kier molecular flexibility index (Phi) is 6.04. The molecule has 0 saturated carbocycles. The smallest absolute Gasteiger partial charge is 0.251 e. The standard InChI is InChI=1S/C18H26N2O3/c1-12(2)15(11-23-19-3)18(21)20-16-9-5-8-14-13(16)7-6-10-17(14)22-4/h6-7,10-12,16,19H,5,8-9H2,1-4H3,(H,20,21)/b15-11+. The zero-order chi connectivity index (χ0) is 16.8. The molecule has 0 heterocycles. The van der Waals surface area contributed by atoms with Crippen LogP contribution in [0.5, 0.6) is 5.75 Å². The average molecular weight is 318 g/mol. The molecule has 1 aromatic rings. The molecule has 1 atom stereocenters. The number of methoxy groups -OCH3 is 1. The maximum atomic E-state index is 12.6. The van der Waals surface area contributed by atoms with Crippen molar-refractivity contribution in [1.82, 2.24) is 10.8 Å². The van der Waals surface area contributed by atoms with E-state index >= 15 is 0 Å². The highest BCUT2D eigenvalue weighted by Crippen LogP contribution is 2.35. The van der Waals surface area contributed by atoms with Crippen LogP contribution in [0, 0.1) is 5.92 Å². The second-order valence-electron chi connectivity index (χ2n) is 6.00. The number of benzene rings is 1. The lowest BCUT2D eigenvalue weighted by Crippen LogP contribution is -2.33. The van der Waals surface area contributed by atoms with Crippen LogP contribution in [0.15, 0.2) is 30.0 Å². The van der Waals surface area contributed by atoms with Gasteiger partial charge in [-0.15, -0.1) is 0 Å². The molecule has 5 heteroatoms. The third-order valence-electron chi connectivity index (χ3n) is 4.18. The first kappa shape index (κ1) is 17.3. The number of hydrogen-bond donors (Lipinski definition) is 2. The number of carbonyl (C=O) groups excluding carboxylic acids is 1. The van der Waals surface area contributed by atoms with Gasteiger partial charge in [-0.2, -0.15) is 5.48 Å². The molecule has 5 nitrogen and oxygen atoms in total. The first-order valence-electron chi connectivity index (χ1n) is 8.07. The molecule has 1 aliphatic carbocycles. The fourth-order valence-corrected chi connectivity index (χ4v) is 2.97. The second kappa shape index (κ2) is 8.02. The lowest BCUT2D eigenvalue weighted by Gasteiger charge is -2.28. The molecular formula is C18H26N2O3. The van der Waals surface area contributed by atoms with E-state index in [1.165, 1.54) is 11.8 Å². The van der Waals surface area contributed by atoms with Gasteiger partial charge < -0.3 is 14.9 Å². The van der Waals surface area contributed by atoms with Crippen LogP contribution in [0.2, 0.25) is 0 Å². The highest BCUT2D eigenvalue weighted by atomic mass is 16.6. The Morgan fingerprint density at radius 2 is 2.17 bits per heavy atom. The van der Waals surface area contributed by atoms with Gasteiger partial charge >= 0.3 is 0 Å². The molecule has 0 spiro atoms. The largest absolute Gasteiger partial charge is 0.496 e. The van der Waals surface area contributed by atoms with Crippen molar-refractivity contribution in [3.8, 4) is 5.75 Å². The Morgan fingerprint density at radius 1 is 1.39 bits per heavy atom. The summed E-state index contributed by atoms with van der Waals surface area (Å²) >= 11 is 0. The number of ether oxygens (including phenoxy) is 1. The van der Waals surface area contributed by atoms with Gasteiger partial charge in [0.2, 0.25) is 0 Å². The van der Waals surface area contributed by atoms with E-state index in [0.717, 1.165) is 30.6 Å². The Hall–Kier alpha value is -2.01. The lowest BCUT2D eigenvalue weighted by molar-refractivity contribution is -0.119. The summed E-state index contributed by atoms with van der Waals surface area (Å²) in [4.78, 5) is 17.7. The van der Waals surface area contributed by atoms with E-state index in [9.17, 15) is 4.79 Å². The quantitative estimate of drug-likeness (QED) is 0.481. The van der Waals surface area contributed by atoms with Crippen LogP contribution in [0.3, 0.4) is 0 Å². The molecular weight excluding hydrogens is 292 g/mol. The Bertz CT molecular complexity index is 582. The van der Waals surface area contributed by atoms with Crippen LogP contribution < -0.4 is 15.5 Å². The van der Waals surface area contributed by atoms with Gasteiger partial charge in [0.1, 0.15) is 12.0 Å². The number of amides is 1. The number of fused-ring (bicyclic) bond motifs is 1. The fourth-order valence-electron chi connectivity index (χ4n) is 2.97. The van der Waals surface area contributed by atoms with Gasteiger partial charge in [-0.1, -0.05) is 26.0 Å². The van der Waals surface area contributed by atoms with Gasteiger partial charge in [0, 0.05) is 7.05 Å². The minimum Gasteiger partial charge on any atom is -0.496 e. The van der Waals surface area contributed by atoms with Crippen molar-refractivity contribution in [2.75, 3.05) is 14.2 Å². The molecule has 0 fully saturated rings. The molecule has 0 bridgehead atoms. The van der Waals surface area contributed by atoms with E-state index in [2.05, 4.69) is 16.9 Å². The van der Waals surface area contributed by atoms with Gasteiger partial charge in [-0.3, -0.25) is 4.79 Å². The van der Waals surface area contributed by atoms with E-state index in [1.54, 1.807) is 14.2 Å². The van der Waals surface area contributed by atoms with Crippen LogP contribution >= 0.6 is 0 Å². The molecule has 0 aromatic heterocycles. The highest BCUT2D eigenvalue weighted by molar-refractivity contribution is 5.93. The normalized spacial score (nSPS) is 17.6. The van der Waals surface area contributed by atoms with Crippen LogP contribution in [0.4, 0.5) is 0 Å². The summed E-state index contributed by atoms with van der Waals surface area (Å²) in [7, 11) is 3.35. The Morgan fingerprint density at radius 3 is 2.83 bits per heavy atom. The lowest BCUT2D eigenvalue weighted by atomic mass is 9.86. The SMILES string of the molecule is CNO/C=C(/C(=O)NC1CCCc2c(OC)cccc21)C(C)C. The molecule has 1 unspecified atom stereocenters.